The smallest absolute Gasteiger partial charge is 0.321 e. The molecule has 2 heterocycles. The number of hydrogen-bond acceptors (Lipinski definition) is 4. The third-order valence-corrected chi connectivity index (χ3v) is 5.13. The first kappa shape index (κ1) is 19.7. The largest absolute Gasteiger partial charge is 0.481 e. The van der Waals surface area contributed by atoms with Crippen molar-refractivity contribution in [2.24, 2.45) is 5.92 Å². The molecule has 1 aromatic rings. The summed E-state index contributed by atoms with van der Waals surface area (Å²) in [6.07, 6.45) is 1.21. The van der Waals surface area contributed by atoms with E-state index < -0.39 is 11.9 Å². The summed E-state index contributed by atoms with van der Waals surface area (Å²) in [6.45, 7) is 1.75. The number of anilines is 1. The number of benzene rings is 1. The normalized spacial score (nSPS) is 19.3. The molecule has 2 fully saturated rings. The molecule has 0 saturated carbocycles. The van der Waals surface area contributed by atoms with Gasteiger partial charge >= 0.3 is 12.0 Å². The molecule has 2 aliphatic rings. The first-order valence-electron chi connectivity index (χ1n) is 9.28. The summed E-state index contributed by atoms with van der Waals surface area (Å²) in [5.41, 5.74) is 1.12. The quantitative estimate of drug-likeness (QED) is 0.768. The van der Waals surface area contributed by atoms with E-state index in [1.54, 1.807) is 36.2 Å². The Kier molecular flexibility index (Phi) is 5.81. The van der Waals surface area contributed by atoms with Crippen molar-refractivity contribution in [3.05, 3.63) is 29.8 Å². The van der Waals surface area contributed by atoms with Gasteiger partial charge in [-0.15, -0.1) is 0 Å². The van der Waals surface area contributed by atoms with Gasteiger partial charge in [0.1, 0.15) is 0 Å². The molecule has 9 nitrogen and oxygen atoms in total. The van der Waals surface area contributed by atoms with Crippen LogP contribution in [0.25, 0.3) is 0 Å². The van der Waals surface area contributed by atoms with E-state index >= 15 is 0 Å². The van der Waals surface area contributed by atoms with Crippen LogP contribution in [0.4, 0.5) is 10.5 Å². The summed E-state index contributed by atoms with van der Waals surface area (Å²) < 4.78 is 0. The standard InChI is InChI=1S/C19H24N4O5/c1-21(12-16(24)22-9-2-3-14(11-22)18(26)27)17(25)13-4-6-15(7-5-13)23-10-8-20-19(23)28/h4-7,14H,2-3,8-12H2,1H3,(H,20,28)(H,26,27). The molecule has 2 aliphatic heterocycles. The van der Waals surface area contributed by atoms with Crippen molar-refractivity contribution in [2.75, 3.05) is 44.7 Å². The number of carboxylic acid groups (broad SMARTS) is 1. The number of rotatable bonds is 5. The minimum atomic E-state index is -0.895. The molecule has 150 valence electrons. The topological polar surface area (TPSA) is 110 Å². The van der Waals surface area contributed by atoms with Crippen LogP contribution in [0.3, 0.4) is 0 Å². The molecular weight excluding hydrogens is 364 g/mol. The van der Waals surface area contributed by atoms with Crippen LogP contribution in [0, 0.1) is 5.92 Å². The first-order chi connectivity index (χ1) is 13.4. The lowest BCUT2D eigenvalue weighted by Crippen LogP contribution is -2.46. The van der Waals surface area contributed by atoms with E-state index in [-0.39, 0.29) is 30.9 Å². The first-order valence-corrected chi connectivity index (χ1v) is 9.28. The summed E-state index contributed by atoms with van der Waals surface area (Å²) in [4.78, 5) is 52.3. The van der Waals surface area contributed by atoms with E-state index in [0.717, 1.165) is 0 Å². The third kappa shape index (κ3) is 4.24. The van der Waals surface area contributed by atoms with Gasteiger partial charge in [-0.25, -0.2) is 4.79 Å². The average Bonchev–Trinajstić information content (AvgIpc) is 3.13. The van der Waals surface area contributed by atoms with E-state index in [2.05, 4.69) is 5.32 Å². The van der Waals surface area contributed by atoms with Gasteiger partial charge in [0, 0.05) is 44.5 Å². The number of piperidine rings is 1. The fourth-order valence-corrected chi connectivity index (χ4v) is 3.50. The highest BCUT2D eigenvalue weighted by Gasteiger charge is 2.29. The van der Waals surface area contributed by atoms with Crippen LogP contribution >= 0.6 is 0 Å². The summed E-state index contributed by atoms with van der Waals surface area (Å²) in [5.74, 6) is -2.01. The second-order valence-corrected chi connectivity index (χ2v) is 7.11. The van der Waals surface area contributed by atoms with E-state index in [4.69, 9.17) is 5.11 Å². The zero-order valence-electron chi connectivity index (χ0n) is 15.8. The number of carboxylic acids is 1. The Balaban J connectivity index is 1.58. The van der Waals surface area contributed by atoms with Crippen LogP contribution in [-0.4, -0.2) is 78.5 Å². The molecule has 28 heavy (non-hydrogen) atoms. The number of hydrogen-bond donors (Lipinski definition) is 2. The van der Waals surface area contributed by atoms with Crippen molar-refractivity contribution in [2.45, 2.75) is 12.8 Å². The van der Waals surface area contributed by atoms with E-state index in [1.807, 2.05) is 0 Å². The molecule has 1 unspecified atom stereocenters. The van der Waals surface area contributed by atoms with Crippen molar-refractivity contribution < 1.29 is 24.3 Å². The van der Waals surface area contributed by atoms with Gasteiger partial charge in [0.2, 0.25) is 5.91 Å². The number of likely N-dealkylation sites (N-methyl/N-ethyl adjacent to an activating group) is 1. The molecule has 4 amide bonds. The number of likely N-dealkylation sites (tertiary alicyclic amines) is 1. The summed E-state index contributed by atoms with van der Waals surface area (Å²) in [7, 11) is 1.54. The Morgan fingerprint density at radius 3 is 2.54 bits per heavy atom. The van der Waals surface area contributed by atoms with Crippen molar-refractivity contribution in [3.63, 3.8) is 0 Å². The van der Waals surface area contributed by atoms with Crippen LogP contribution in [0.15, 0.2) is 24.3 Å². The van der Waals surface area contributed by atoms with Crippen molar-refractivity contribution in [3.8, 4) is 0 Å². The van der Waals surface area contributed by atoms with Gasteiger partial charge in [-0.2, -0.15) is 0 Å². The third-order valence-electron chi connectivity index (χ3n) is 5.13. The second kappa shape index (κ2) is 8.28. The van der Waals surface area contributed by atoms with Crippen molar-refractivity contribution >= 4 is 29.5 Å². The lowest BCUT2D eigenvalue weighted by molar-refractivity contribution is -0.145. The lowest BCUT2D eigenvalue weighted by atomic mass is 9.98. The van der Waals surface area contributed by atoms with Gasteiger partial charge in [-0.3, -0.25) is 19.3 Å². The van der Waals surface area contributed by atoms with Crippen LogP contribution in [-0.2, 0) is 9.59 Å². The van der Waals surface area contributed by atoms with Gasteiger partial charge in [0.25, 0.3) is 5.91 Å². The number of amides is 4. The molecular formula is C19H24N4O5. The highest BCUT2D eigenvalue weighted by atomic mass is 16.4. The maximum atomic E-state index is 12.6. The molecule has 0 radical (unpaired) electrons. The molecule has 2 N–H and O–H groups in total. The number of aliphatic carboxylic acids is 1. The van der Waals surface area contributed by atoms with E-state index in [1.165, 1.54) is 9.80 Å². The van der Waals surface area contributed by atoms with Gasteiger partial charge in [0.15, 0.2) is 0 Å². The minimum Gasteiger partial charge on any atom is -0.481 e. The Morgan fingerprint density at radius 2 is 1.93 bits per heavy atom. The molecule has 0 aliphatic carbocycles. The molecule has 2 saturated heterocycles. The van der Waals surface area contributed by atoms with Crippen LogP contribution in [0.5, 0.6) is 0 Å². The zero-order valence-corrected chi connectivity index (χ0v) is 15.8. The fraction of sp³-hybridized carbons (Fsp3) is 0.474. The predicted octanol–water partition coefficient (Wildman–Crippen LogP) is 0.611. The maximum absolute atomic E-state index is 12.6. The fourth-order valence-electron chi connectivity index (χ4n) is 3.50. The lowest BCUT2D eigenvalue weighted by Gasteiger charge is -2.32. The van der Waals surface area contributed by atoms with Crippen molar-refractivity contribution in [1.82, 2.24) is 15.1 Å². The van der Waals surface area contributed by atoms with Gasteiger partial charge in [-0.05, 0) is 37.1 Å². The minimum absolute atomic E-state index is 0.110. The van der Waals surface area contributed by atoms with Crippen molar-refractivity contribution in [1.29, 1.82) is 0 Å². The van der Waals surface area contributed by atoms with E-state index in [9.17, 15) is 19.2 Å². The summed E-state index contributed by atoms with van der Waals surface area (Å²) in [5, 5.41) is 11.9. The monoisotopic (exact) mass is 388 g/mol. The summed E-state index contributed by atoms with van der Waals surface area (Å²) in [6, 6.07) is 6.51. The Morgan fingerprint density at radius 1 is 1.21 bits per heavy atom. The second-order valence-electron chi connectivity index (χ2n) is 7.11. The van der Waals surface area contributed by atoms with Crippen LogP contribution in [0.1, 0.15) is 23.2 Å². The molecule has 0 spiro atoms. The van der Waals surface area contributed by atoms with E-state index in [0.29, 0.717) is 43.7 Å². The van der Waals surface area contributed by atoms with Gasteiger partial charge in [-0.1, -0.05) is 0 Å². The number of carbonyl (C=O) groups is 4. The van der Waals surface area contributed by atoms with Gasteiger partial charge < -0.3 is 20.2 Å². The predicted molar refractivity (Wildman–Crippen MR) is 101 cm³/mol. The summed E-state index contributed by atoms with van der Waals surface area (Å²) >= 11 is 0. The SMILES string of the molecule is CN(CC(=O)N1CCCC(C(=O)O)C1)C(=O)c1ccc(N2CCNC2=O)cc1. The molecule has 9 heteroatoms. The van der Waals surface area contributed by atoms with Gasteiger partial charge in [0.05, 0.1) is 12.5 Å². The maximum Gasteiger partial charge on any atom is 0.321 e. The highest BCUT2D eigenvalue weighted by Crippen LogP contribution is 2.19. The molecule has 3 rings (SSSR count). The van der Waals surface area contributed by atoms with Crippen LogP contribution < -0.4 is 10.2 Å². The molecule has 1 aromatic carbocycles. The Labute approximate surface area is 162 Å². The highest BCUT2D eigenvalue weighted by molar-refractivity contribution is 5.98. The number of urea groups is 1. The average molecular weight is 388 g/mol. The van der Waals surface area contributed by atoms with Crippen LogP contribution in [0.2, 0.25) is 0 Å². The number of carbonyl (C=O) groups excluding carboxylic acids is 3. The number of nitrogens with one attached hydrogen (secondary N) is 1. The zero-order chi connectivity index (χ0) is 20.3. The molecule has 0 bridgehead atoms. The molecule has 0 aromatic heterocycles. The Bertz CT molecular complexity index is 779. The number of nitrogens with zero attached hydrogens (tertiary/aromatic N) is 3. The Hall–Kier alpha value is -3.10. The molecule has 1 atom stereocenters.